The number of imidazole rings is 4. The minimum atomic E-state index is -1.19. The number of hydrogen-bond donors (Lipinski definition) is 4. The summed E-state index contributed by atoms with van der Waals surface area (Å²) in [5.74, 6) is 1.13. The van der Waals surface area contributed by atoms with E-state index in [9.17, 15) is 64.0 Å². The number of fused-ring (bicyclic) bond motifs is 4. The van der Waals surface area contributed by atoms with Crippen LogP contribution in [0.1, 0.15) is 238 Å². The van der Waals surface area contributed by atoms with Crippen LogP contribution in [0.3, 0.4) is 0 Å². The zero-order valence-corrected chi connectivity index (χ0v) is 86.6. The first kappa shape index (κ1) is 103. The van der Waals surface area contributed by atoms with E-state index in [0.29, 0.717) is 105 Å². The molecule has 0 saturated heterocycles. The summed E-state index contributed by atoms with van der Waals surface area (Å²) in [6.07, 6.45) is 14.7. The zero-order valence-electron chi connectivity index (χ0n) is 86.6. The van der Waals surface area contributed by atoms with Gasteiger partial charge in [0, 0.05) is 96.0 Å². The largest absolute Gasteiger partial charge is 0.481 e. The van der Waals surface area contributed by atoms with Crippen molar-refractivity contribution in [3.63, 3.8) is 0 Å². The second-order valence-corrected chi connectivity index (χ2v) is 41.1. The van der Waals surface area contributed by atoms with Crippen LogP contribution >= 0.6 is 0 Å². The van der Waals surface area contributed by atoms with E-state index in [-0.39, 0.29) is 53.5 Å². The number of carboxylic acids is 4. The van der Waals surface area contributed by atoms with Crippen LogP contribution in [0.15, 0.2) is 268 Å². The second kappa shape index (κ2) is 41.1. The summed E-state index contributed by atoms with van der Waals surface area (Å²) in [4.78, 5) is 148. The number of nitriles is 1. The molecule has 8 aromatic heterocycles. The van der Waals surface area contributed by atoms with Crippen molar-refractivity contribution < 1.29 is 58.8 Å². The van der Waals surface area contributed by atoms with Crippen molar-refractivity contribution in [3.05, 3.63) is 363 Å². The zero-order chi connectivity index (χ0) is 107. The van der Waals surface area contributed by atoms with Gasteiger partial charge in [-0.15, -0.1) is 0 Å². The molecular formula is C120H114N18O12. The van der Waals surface area contributed by atoms with Gasteiger partial charge in [-0.2, -0.15) is 5.26 Å². The minimum absolute atomic E-state index is 0.0880. The number of carbonyl (C=O) groups excluding carboxylic acids is 4. The highest BCUT2D eigenvalue weighted by atomic mass is 16.4. The monoisotopic (exact) mass is 2000 g/mol. The van der Waals surface area contributed by atoms with Gasteiger partial charge in [0.25, 0.3) is 23.6 Å². The van der Waals surface area contributed by atoms with Crippen LogP contribution in [-0.4, -0.2) is 126 Å². The lowest BCUT2D eigenvalue weighted by atomic mass is 9.81. The Kier molecular flexibility index (Phi) is 28.3. The van der Waals surface area contributed by atoms with Gasteiger partial charge in [0.05, 0.1) is 66.0 Å². The quantitative estimate of drug-likeness (QED) is 0.0408. The maximum Gasteiger partial charge on any atom is 0.313 e. The average Bonchev–Trinajstić information content (AvgIpc) is 1.42. The fourth-order valence-corrected chi connectivity index (χ4v) is 19.2. The van der Waals surface area contributed by atoms with Crippen molar-refractivity contribution in [2.75, 3.05) is 19.6 Å². The Balaban J connectivity index is 0.000000136. The first-order valence-corrected chi connectivity index (χ1v) is 49.4. The summed E-state index contributed by atoms with van der Waals surface area (Å²) < 4.78 is 8.20. The Hall–Kier alpha value is -18.1. The molecule has 150 heavy (non-hydrogen) atoms. The molecule has 4 aliphatic rings. The third kappa shape index (κ3) is 19.8. The normalized spacial score (nSPS) is 13.2. The van der Waals surface area contributed by atoms with Gasteiger partial charge in [-0.3, -0.25) is 58.0 Å². The van der Waals surface area contributed by atoms with Crippen molar-refractivity contribution in [2.24, 2.45) is 0 Å². The van der Waals surface area contributed by atoms with Gasteiger partial charge in [-0.05, 0) is 310 Å². The standard InChI is InChI=1S/2C30H27N5O3.2C30H30N4O3/c1-18(2)34-14-13-32-27(34)24-7-6-8-26(33-24)35-17-21-10-9-19(15-22(21)28(35)36)20-11-12-23(25(16-20)31-5)30(3,4)29(37)38;1-18(2)34-13-12-32-27(34)25-6-5-7-26(33-25)35-17-20-9-8-19(15-24(20)28(35)36)23-11-10-22(14-21(23)16-31)30(3,4)29(37)38;1-18(2)33-14-13-31-27(33)25-7-6-8-26(32-25)34-17-22-10-9-21(16-23(22)28(34)35)20-11-12-24(19(3)15-20)30(4,5)29(36)37;1-18(2)33-14-13-31-27(33)25-7-6-8-26(32-25)34-17-21-10-9-20(16-24(21)28(34)35)23-12-11-22(15-19(23)3)30(4,5)29(36)37/h6-16,18H,17H2,1-4H3,(H,37,38);5-15,18H,17H2,1-4H3,(H,37,38);2*6-16,18H,17H2,1-5H3,(H,36,37). The summed E-state index contributed by atoms with van der Waals surface area (Å²) >= 11 is 0. The van der Waals surface area contributed by atoms with Crippen LogP contribution < -0.4 is 19.6 Å². The molecule has 12 heterocycles. The smallest absolute Gasteiger partial charge is 0.313 e. The first-order valence-electron chi connectivity index (χ1n) is 49.4. The molecule has 0 radical (unpaired) electrons. The molecule has 756 valence electrons. The molecule has 0 fully saturated rings. The van der Waals surface area contributed by atoms with Crippen LogP contribution in [0.5, 0.6) is 0 Å². The molecular weight excluding hydrogens is 1890 g/mol. The highest BCUT2D eigenvalue weighted by Crippen LogP contribution is 2.44. The van der Waals surface area contributed by atoms with E-state index in [1.54, 1.807) is 142 Å². The van der Waals surface area contributed by atoms with Gasteiger partial charge in [0.15, 0.2) is 29.0 Å². The molecule has 16 aromatic rings. The number of aliphatic carboxylic acids is 4. The molecule has 20 rings (SSSR count). The highest BCUT2D eigenvalue weighted by molar-refractivity contribution is 6.13. The summed E-state index contributed by atoms with van der Waals surface area (Å²) in [6.45, 7) is 43.1. The van der Waals surface area contributed by atoms with E-state index < -0.39 is 45.5 Å². The molecule has 4 N–H and O–H groups in total. The van der Waals surface area contributed by atoms with Crippen molar-refractivity contribution in [3.8, 4) is 96.7 Å². The Morgan fingerprint density at radius 3 is 0.933 bits per heavy atom. The lowest BCUT2D eigenvalue weighted by Gasteiger charge is -2.22. The van der Waals surface area contributed by atoms with Crippen molar-refractivity contribution >= 4 is 76.5 Å². The number of amides is 4. The molecule has 0 aliphatic carbocycles. The van der Waals surface area contributed by atoms with Gasteiger partial charge in [-0.1, -0.05) is 133 Å². The number of benzene rings is 8. The first-order chi connectivity index (χ1) is 71.4. The average molecular weight is 2000 g/mol. The molecule has 0 unspecified atom stereocenters. The number of aryl methyl sites for hydroxylation is 2. The topological polar surface area (TPSA) is 381 Å². The van der Waals surface area contributed by atoms with Crippen molar-refractivity contribution in [2.45, 2.75) is 197 Å². The van der Waals surface area contributed by atoms with Crippen molar-refractivity contribution in [1.29, 1.82) is 5.26 Å². The second-order valence-electron chi connectivity index (χ2n) is 41.1. The van der Waals surface area contributed by atoms with Gasteiger partial charge in [0.2, 0.25) is 0 Å². The maximum absolute atomic E-state index is 13.5. The molecule has 8 aromatic carbocycles. The lowest BCUT2D eigenvalue weighted by Crippen LogP contribution is -2.29. The maximum atomic E-state index is 13.5. The summed E-state index contributed by atoms with van der Waals surface area (Å²) in [5.41, 5.74) is 16.3. The number of pyridine rings is 4. The molecule has 30 nitrogen and oxygen atoms in total. The predicted octanol–water partition coefficient (Wildman–Crippen LogP) is 23.9. The Bertz CT molecular complexity index is 8220. The van der Waals surface area contributed by atoms with Crippen LogP contribution in [0.25, 0.3) is 95.4 Å². The molecule has 0 spiro atoms. The number of carboxylic acid groups (broad SMARTS) is 4. The van der Waals surface area contributed by atoms with E-state index in [1.807, 2.05) is 224 Å². The summed E-state index contributed by atoms with van der Waals surface area (Å²) in [7, 11) is 0. The van der Waals surface area contributed by atoms with E-state index >= 15 is 0 Å². The van der Waals surface area contributed by atoms with Gasteiger partial charge >= 0.3 is 23.9 Å². The fourth-order valence-electron chi connectivity index (χ4n) is 19.2. The Morgan fingerprint density at radius 2 is 0.620 bits per heavy atom. The molecule has 4 amide bonds. The Labute approximate surface area is 869 Å². The number of rotatable bonds is 24. The van der Waals surface area contributed by atoms with E-state index in [0.717, 1.165) is 118 Å². The van der Waals surface area contributed by atoms with E-state index in [4.69, 9.17) is 26.5 Å². The molecule has 4 aliphatic heterocycles. The van der Waals surface area contributed by atoms with Crippen LogP contribution in [0.2, 0.25) is 0 Å². The number of hydrogen-bond acceptors (Lipinski definition) is 17. The van der Waals surface area contributed by atoms with E-state index in [2.05, 4.69) is 95.4 Å². The number of carbonyl (C=O) groups is 8. The number of anilines is 4. The van der Waals surface area contributed by atoms with Crippen molar-refractivity contribution in [1.82, 2.24) is 58.1 Å². The third-order valence-electron chi connectivity index (χ3n) is 28.4. The SMILES string of the molecule is CC(C)n1ccnc1-c1cccc(N2Cc3ccc(-c4ccc(C(C)(C)C(=O)O)cc4C#N)cc3C2=O)n1.Cc1cc(-c2ccc3c(c2)C(=O)N(c2cccc(-c4nccn4C(C)C)n2)C3)ccc1C(C)(C)C(=O)O.Cc1cc(C(C)(C)C(=O)O)ccc1-c1ccc2c(c1)C(=O)N(c1cccc(-c3nccn3C(C)C)n1)C2.[C-]#[N+]c1cc(-c2ccc3c(c2)C(=O)N(c2cccc(-c4nccn4C(C)C)n2)C3)ccc1C(C)(C)C(=O)O. The lowest BCUT2D eigenvalue weighted by molar-refractivity contribution is -0.143. The van der Waals surface area contributed by atoms with Gasteiger partial charge in [-0.25, -0.2) is 44.7 Å². The third-order valence-corrected chi connectivity index (χ3v) is 28.4. The van der Waals surface area contributed by atoms with Gasteiger partial charge in [0.1, 0.15) is 46.0 Å². The molecule has 30 heteroatoms. The van der Waals surface area contributed by atoms with Crippen LogP contribution in [0.4, 0.5) is 29.0 Å². The number of aromatic nitrogens is 12. The van der Waals surface area contributed by atoms with Gasteiger partial charge < -0.3 is 38.7 Å². The van der Waals surface area contributed by atoms with E-state index in [1.165, 1.54) is 0 Å². The molecule has 0 atom stereocenters. The van der Waals surface area contributed by atoms with Crippen LogP contribution in [0, 0.1) is 31.8 Å². The number of nitrogens with zero attached hydrogens (tertiary/aromatic N) is 18. The fraction of sp³-hybridized carbons (Fsp3) is 0.250. The molecule has 0 bridgehead atoms. The summed E-state index contributed by atoms with van der Waals surface area (Å²) in [6, 6.07) is 70.5. The minimum Gasteiger partial charge on any atom is -0.481 e. The predicted molar refractivity (Wildman–Crippen MR) is 576 cm³/mol. The Morgan fingerprint density at radius 1 is 0.333 bits per heavy atom. The highest BCUT2D eigenvalue weighted by Gasteiger charge is 2.40. The molecule has 0 saturated carbocycles. The van der Waals surface area contributed by atoms with Crippen LogP contribution in [-0.2, 0) is 67.0 Å². The summed E-state index contributed by atoms with van der Waals surface area (Å²) in [5, 5.41) is 48.2.